The largest absolute Gasteiger partial charge is 0.420 e. The lowest BCUT2D eigenvalue weighted by molar-refractivity contribution is 0.387. The number of unbranched alkanes of at least 4 members (excludes halogenated alkanes) is 5. The first-order valence-electron chi connectivity index (χ1n) is 9.67. The molecule has 0 aromatic rings. The van der Waals surface area contributed by atoms with Crippen LogP contribution in [0.5, 0.6) is 0 Å². The van der Waals surface area contributed by atoms with Gasteiger partial charge in [-0.15, -0.1) is 0 Å². The Balaban J connectivity index is 3.70. The molecular weight excluding hydrogens is 304 g/mol. The molecule has 0 heterocycles. The normalized spacial score (nSPS) is 12.8. The van der Waals surface area contributed by atoms with Gasteiger partial charge >= 0.3 is 0 Å². The summed E-state index contributed by atoms with van der Waals surface area (Å²) in [5.41, 5.74) is 0. The fraction of sp³-hybridized carbons (Fsp3) is 1.00. The maximum absolute atomic E-state index is 5.89. The molecule has 0 aliphatic heterocycles. The van der Waals surface area contributed by atoms with Crippen LogP contribution < -0.4 is 0 Å². The highest BCUT2D eigenvalue weighted by Gasteiger charge is 2.29. The van der Waals surface area contributed by atoms with Crippen molar-refractivity contribution in [3.8, 4) is 0 Å². The second-order valence-corrected chi connectivity index (χ2v) is 16.2. The highest BCUT2D eigenvalue weighted by Crippen LogP contribution is 2.26. The standard InChI is InChI=1S/C18H42O2Si2/c1-7-21(8-2,19-5)17-15-13-11-12-14-16-18-22(9-3,10-4)20-6/h7-18H2,1-6H3. The van der Waals surface area contributed by atoms with E-state index in [-0.39, 0.29) is 0 Å². The van der Waals surface area contributed by atoms with Gasteiger partial charge in [-0.2, -0.15) is 0 Å². The number of hydrogen-bond donors (Lipinski definition) is 0. The molecule has 0 fully saturated rings. The molecule has 2 nitrogen and oxygen atoms in total. The van der Waals surface area contributed by atoms with Crippen LogP contribution in [0.1, 0.15) is 66.2 Å². The maximum atomic E-state index is 5.89. The zero-order chi connectivity index (χ0) is 16.9. The molecule has 0 saturated carbocycles. The molecule has 0 aromatic heterocycles. The first kappa shape index (κ1) is 22.4. The molecule has 0 unspecified atom stereocenters. The van der Waals surface area contributed by atoms with Gasteiger partial charge in [0.05, 0.1) is 0 Å². The lowest BCUT2D eigenvalue weighted by Crippen LogP contribution is -2.35. The van der Waals surface area contributed by atoms with E-state index in [1.165, 1.54) is 74.8 Å². The van der Waals surface area contributed by atoms with E-state index in [4.69, 9.17) is 8.85 Å². The highest BCUT2D eigenvalue weighted by atomic mass is 28.4. The Morgan fingerprint density at radius 1 is 0.500 bits per heavy atom. The zero-order valence-electron chi connectivity index (χ0n) is 16.3. The third-order valence-corrected chi connectivity index (χ3v) is 15.4. The van der Waals surface area contributed by atoms with Gasteiger partial charge in [-0.3, -0.25) is 0 Å². The van der Waals surface area contributed by atoms with Crippen molar-refractivity contribution in [3.05, 3.63) is 0 Å². The van der Waals surface area contributed by atoms with Crippen LogP contribution in [0.25, 0.3) is 0 Å². The Hall–Kier alpha value is 0.354. The SMILES string of the molecule is CC[Si](CC)(CCCCCCCC[Si](CC)(CC)OC)OC. The summed E-state index contributed by atoms with van der Waals surface area (Å²) >= 11 is 0. The van der Waals surface area contributed by atoms with Crippen LogP contribution in [0.15, 0.2) is 0 Å². The van der Waals surface area contributed by atoms with Gasteiger partial charge in [-0.05, 0) is 36.3 Å². The Morgan fingerprint density at radius 3 is 1.00 bits per heavy atom. The molecule has 0 rings (SSSR count). The molecule has 0 aromatic carbocycles. The smallest absolute Gasteiger partial charge is 0.191 e. The van der Waals surface area contributed by atoms with Crippen LogP contribution in [0.4, 0.5) is 0 Å². The third-order valence-electron chi connectivity index (χ3n) is 5.96. The van der Waals surface area contributed by atoms with Crippen LogP contribution >= 0.6 is 0 Å². The van der Waals surface area contributed by atoms with Crippen LogP contribution in [-0.2, 0) is 8.85 Å². The second-order valence-electron chi connectivity index (χ2n) is 6.81. The average Bonchev–Trinajstić information content (AvgIpc) is 2.58. The Labute approximate surface area is 142 Å². The van der Waals surface area contributed by atoms with Crippen LogP contribution in [0.2, 0.25) is 36.3 Å². The minimum Gasteiger partial charge on any atom is -0.420 e. The van der Waals surface area contributed by atoms with E-state index >= 15 is 0 Å². The Morgan fingerprint density at radius 2 is 0.773 bits per heavy atom. The van der Waals surface area contributed by atoms with Gasteiger partial charge in [0.1, 0.15) is 0 Å². The number of hydrogen-bond acceptors (Lipinski definition) is 2. The second kappa shape index (κ2) is 12.7. The number of rotatable bonds is 15. The fourth-order valence-electron chi connectivity index (χ4n) is 3.59. The van der Waals surface area contributed by atoms with E-state index in [0.29, 0.717) is 0 Å². The van der Waals surface area contributed by atoms with E-state index in [9.17, 15) is 0 Å². The summed E-state index contributed by atoms with van der Waals surface area (Å²) < 4.78 is 11.8. The van der Waals surface area contributed by atoms with Crippen molar-refractivity contribution in [2.45, 2.75) is 102 Å². The van der Waals surface area contributed by atoms with E-state index in [1.807, 2.05) is 14.2 Å². The zero-order valence-corrected chi connectivity index (χ0v) is 18.3. The maximum Gasteiger partial charge on any atom is 0.191 e. The lowest BCUT2D eigenvalue weighted by atomic mass is 10.1. The molecule has 0 N–H and O–H groups in total. The van der Waals surface area contributed by atoms with Crippen molar-refractivity contribution in [2.75, 3.05) is 14.2 Å². The molecular formula is C18H42O2Si2. The predicted octanol–water partition coefficient (Wildman–Crippen LogP) is 6.59. The fourth-order valence-corrected chi connectivity index (χ4v) is 9.36. The molecule has 0 spiro atoms. The molecule has 0 bridgehead atoms. The van der Waals surface area contributed by atoms with Crippen molar-refractivity contribution in [1.29, 1.82) is 0 Å². The highest BCUT2D eigenvalue weighted by molar-refractivity contribution is 6.74. The summed E-state index contributed by atoms with van der Waals surface area (Å²) in [5.74, 6) is 0. The Kier molecular flexibility index (Phi) is 12.9. The van der Waals surface area contributed by atoms with Crippen LogP contribution in [0, 0.1) is 0 Å². The molecule has 22 heavy (non-hydrogen) atoms. The molecule has 0 radical (unpaired) electrons. The average molecular weight is 347 g/mol. The summed E-state index contributed by atoms with van der Waals surface area (Å²) in [7, 11) is 1.19. The van der Waals surface area contributed by atoms with Crippen molar-refractivity contribution in [2.24, 2.45) is 0 Å². The van der Waals surface area contributed by atoms with Crippen molar-refractivity contribution < 1.29 is 8.85 Å². The van der Waals surface area contributed by atoms with E-state index in [1.54, 1.807) is 0 Å². The van der Waals surface area contributed by atoms with Gasteiger partial charge < -0.3 is 8.85 Å². The third kappa shape index (κ3) is 7.76. The summed E-state index contributed by atoms with van der Waals surface area (Å²) in [5, 5.41) is 0. The molecule has 0 amide bonds. The van der Waals surface area contributed by atoms with Gasteiger partial charge in [0.25, 0.3) is 0 Å². The van der Waals surface area contributed by atoms with Gasteiger partial charge in [0, 0.05) is 14.2 Å². The monoisotopic (exact) mass is 346 g/mol. The predicted molar refractivity (Wildman–Crippen MR) is 105 cm³/mol. The molecule has 0 atom stereocenters. The topological polar surface area (TPSA) is 18.5 Å². The summed E-state index contributed by atoms with van der Waals surface area (Å²) in [6, 6.07) is 7.83. The molecule has 0 aliphatic rings. The first-order valence-corrected chi connectivity index (χ1v) is 14.7. The van der Waals surface area contributed by atoms with Crippen LogP contribution in [0.3, 0.4) is 0 Å². The molecule has 134 valence electrons. The summed E-state index contributed by atoms with van der Waals surface area (Å²) in [6.45, 7) is 9.25. The van der Waals surface area contributed by atoms with Crippen molar-refractivity contribution in [1.82, 2.24) is 0 Å². The van der Waals surface area contributed by atoms with Crippen LogP contribution in [-0.4, -0.2) is 30.9 Å². The molecule has 0 aliphatic carbocycles. The first-order chi connectivity index (χ1) is 10.6. The summed E-state index contributed by atoms with van der Waals surface area (Å²) in [4.78, 5) is 0. The minimum absolute atomic E-state index is 1.28. The van der Waals surface area contributed by atoms with Gasteiger partial charge in [0.15, 0.2) is 16.6 Å². The van der Waals surface area contributed by atoms with Gasteiger partial charge in [0.2, 0.25) is 0 Å². The van der Waals surface area contributed by atoms with Gasteiger partial charge in [-0.1, -0.05) is 66.2 Å². The molecule has 0 saturated heterocycles. The van der Waals surface area contributed by atoms with E-state index in [2.05, 4.69) is 27.7 Å². The van der Waals surface area contributed by atoms with E-state index < -0.39 is 16.6 Å². The quantitative estimate of drug-likeness (QED) is 0.246. The van der Waals surface area contributed by atoms with Gasteiger partial charge in [-0.25, -0.2) is 0 Å². The Bertz CT molecular complexity index is 209. The van der Waals surface area contributed by atoms with E-state index in [0.717, 1.165) is 0 Å². The van der Waals surface area contributed by atoms with Crippen molar-refractivity contribution in [3.63, 3.8) is 0 Å². The molecule has 4 heteroatoms. The summed E-state index contributed by atoms with van der Waals surface area (Å²) in [6.07, 6.45) is 8.35. The minimum atomic E-state index is -1.34. The van der Waals surface area contributed by atoms with Crippen molar-refractivity contribution >= 4 is 16.6 Å². The lowest BCUT2D eigenvalue weighted by Gasteiger charge is -2.27.